The van der Waals surface area contributed by atoms with Gasteiger partial charge in [0, 0.05) is 46.2 Å². The van der Waals surface area contributed by atoms with Crippen LogP contribution >= 0.6 is 11.6 Å². The van der Waals surface area contributed by atoms with Gasteiger partial charge in [-0.25, -0.2) is 0 Å². The number of hydrogen-bond donors (Lipinski definition) is 0. The van der Waals surface area contributed by atoms with Gasteiger partial charge in [-0.3, -0.25) is 9.59 Å². The van der Waals surface area contributed by atoms with Crippen molar-refractivity contribution in [3.63, 3.8) is 0 Å². The molecule has 118 valence electrons. The number of nitrogens with zero attached hydrogens (tertiary/aromatic N) is 3. The van der Waals surface area contributed by atoms with Crippen LogP contribution < -0.4 is 4.90 Å². The average molecular weight is 322 g/mol. The van der Waals surface area contributed by atoms with E-state index < -0.39 is 0 Å². The number of halogens is 1. The fraction of sp³-hybridized carbons (Fsp3) is 0.500. The summed E-state index contributed by atoms with van der Waals surface area (Å²) in [5, 5.41) is 0.748. The van der Waals surface area contributed by atoms with Gasteiger partial charge in [0.1, 0.15) is 0 Å². The summed E-state index contributed by atoms with van der Waals surface area (Å²) < 4.78 is 0. The maximum atomic E-state index is 12.4. The van der Waals surface area contributed by atoms with Crippen molar-refractivity contribution < 1.29 is 9.59 Å². The Bertz CT molecular complexity index is 579. The summed E-state index contributed by atoms with van der Waals surface area (Å²) in [6, 6.07) is 7.79. The van der Waals surface area contributed by atoms with Crippen molar-refractivity contribution in [3.8, 4) is 0 Å². The van der Waals surface area contributed by atoms with E-state index in [-0.39, 0.29) is 17.7 Å². The molecule has 2 saturated heterocycles. The van der Waals surface area contributed by atoms with Gasteiger partial charge in [0.05, 0.1) is 16.6 Å². The second-order valence-corrected chi connectivity index (χ2v) is 6.29. The van der Waals surface area contributed by atoms with Crippen LogP contribution in [-0.2, 0) is 9.59 Å². The lowest BCUT2D eigenvalue weighted by molar-refractivity contribution is -0.147. The minimum atomic E-state index is -0.0178. The molecular weight excluding hydrogens is 302 g/mol. The van der Waals surface area contributed by atoms with Crippen LogP contribution in [0.5, 0.6) is 0 Å². The van der Waals surface area contributed by atoms with Gasteiger partial charge in [0.15, 0.2) is 0 Å². The first kappa shape index (κ1) is 15.2. The SMILES string of the molecule is CC(=O)N1CC(C(=O)N2CCN(c3ccccc3Cl)CC2)C1. The number of anilines is 1. The Labute approximate surface area is 135 Å². The Morgan fingerprint density at radius 3 is 2.27 bits per heavy atom. The van der Waals surface area contributed by atoms with Gasteiger partial charge in [-0.2, -0.15) is 0 Å². The summed E-state index contributed by atoms with van der Waals surface area (Å²) >= 11 is 6.22. The predicted molar refractivity (Wildman–Crippen MR) is 86.0 cm³/mol. The third-order valence-electron chi connectivity index (χ3n) is 4.46. The van der Waals surface area contributed by atoms with E-state index >= 15 is 0 Å². The number of carbonyl (C=O) groups excluding carboxylic acids is 2. The molecule has 0 aromatic heterocycles. The first-order valence-electron chi connectivity index (χ1n) is 7.60. The molecule has 3 rings (SSSR count). The van der Waals surface area contributed by atoms with Crippen molar-refractivity contribution in [3.05, 3.63) is 29.3 Å². The number of likely N-dealkylation sites (tertiary alicyclic amines) is 1. The lowest BCUT2D eigenvalue weighted by Gasteiger charge is -2.43. The van der Waals surface area contributed by atoms with E-state index in [0.717, 1.165) is 23.8 Å². The Morgan fingerprint density at radius 1 is 1.05 bits per heavy atom. The fourth-order valence-corrected chi connectivity index (χ4v) is 3.28. The second-order valence-electron chi connectivity index (χ2n) is 5.88. The topological polar surface area (TPSA) is 43.9 Å². The summed E-state index contributed by atoms with van der Waals surface area (Å²) in [5.74, 6) is 0.208. The number of hydrogen-bond acceptors (Lipinski definition) is 3. The van der Waals surface area contributed by atoms with E-state index in [0.29, 0.717) is 26.2 Å². The molecule has 0 unspecified atom stereocenters. The van der Waals surface area contributed by atoms with Crippen molar-refractivity contribution in [1.82, 2.24) is 9.80 Å². The molecule has 1 aromatic carbocycles. The van der Waals surface area contributed by atoms with Gasteiger partial charge in [-0.15, -0.1) is 0 Å². The predicted octanol–water partition coefficient (Wildman–Crippen LogP) is 1.47. The van der Waals surface area contributed by atoms with Gasteiger partial charge in [-0.05, 0) is 12.1 Å². The Morgan fingerprint density at radius 2 is 1.68 bits per heavy atom. The number of carbonyl (C=O) groups is 2. The molecule has 2 heterocycles. The van der Waals surface area contributed by atoms with Gasteiger partial charge in [-0.1, -0.05) is 23.7 Å². The Hall–Kier alpha value is -1.75. The van der Waals surface area contributed by atoms with Crippen LogP contribution in [-0.4, -0.2) is 60.9 Å². The lowest BCUT2D eigenvalue weighted by Crippen LogP contribution is -2.58. The van der Waals surface area contributed by atoms with Crippen molar-refractivity contribution in [2.45, 2.75) is 6.92 Å². The molecule has 5 nitrogen and oxygen atoms in total. The highest BCUT2D eigenvalue weighted by atomic mass is 35.5. The maximum Gasteiger partial charge on any atom is 0.229 e. The standard InChI is InChI=1S/C16H20ClN3O2/c1-12(21)20-10-13(11-20)16(22)19-8-6-18(7-9-19)15-5-3-2-4-14(15)17/h2-5,13H,6-11H2,1H3. The summed E-state index contributed by atoms with van der Waals surface area (Å²) in [7, 11) is 0. The number of amides is 2. The molecule has 0 N–H and O–H groups in total. The minimum Gasteiger partial charge on any atom is -0.367 e. The zero-order valence-electron chi connectivity index (χ0n) is 12.7. The molecule has 0 aliphatic carbocycles. The van der Waals surface area contributed by atoms with Crippen molar-refractivity contribution in [1.29, 1.82) is 0 Å². The smallest absolute Gasteiger partial charge is 0.229 e. The van der Waals surface area contributed by atoms with Gasteiger partial charge < -0.3 is 14.7 Å². The van der Waals surface area contributed by atoms with Crippen LogP contribution in [0.1, 0.15) is 6.92 Å². The molecule has 22 heavy (non-hydrogen) atoms. The molecule has 2 aliphatic rings. The van der Waals surface area contributed by atoms with Crippen molar-refractivity contribution in [2.24, 2.45) is 5.92 Å². The quantitative estimate of drug-likeness (QED) is 0.828. The minimum absolute atomic E-state index is 0.0178. The van der Waals surface area contributed by atoms with Crippen LogP contribution in [0.25, 0.3) is 0 Å². The molecule has 2 amide bonds. The van der Waals surface area contributed by atoms with Gasteiger partial charge >= 0.3 is 0 Å². The van der Waals surface area contributed by atoms with E-state index in [4.69, 9.17) is 11.6 Å². The summed E-state index contributed by atoms with van der Waals surface area (Å²) in [4.78, 5) is 29.4. The van der Waals surface area contributed by atoms with Gasteiger partial charge in [0.2, 0.25) is 11.8 Å². The van der Waals surface area contributed by atoms with Crippen LogP contribution in [0.4, 0.5) is 5.69 Å². The molecule has 2 aliphatic heterocycles. The highest BCUT2D eigenvalue weighted by Crippen LogP contribution is 2.26. The third kappa shape index (κ3) is 2.90. The largest absolute Gasteiger partial charge is 0.367 e. The summed E-state index contributed by atoms with van der Waals surface area (Å²) in [5.41, 5.74) is 1.03. The zero-order valence-corrected chi connectivity index (χ0v) is 13.4. The van der Waals surface area contributed by atoms with Crippen LogP contribution in [0.2, 0.25) is 5.02 Å². The van der Waals surface area contributed by atoms with E-state index in [2.05, 4.69) is 4.90 Å². The van der Waals surface area contributed by atoms with E-state index in [9.17, 15) is 9.59 Å². The van der Waals surface area contributed by atoms with Crippen LogP contribution in [0.3, 0.4) is 0 Å². The highest BCUT2D eigenvalue weighted by molar-refractivity contribution is 6.33. The Kier molecular flexibility index (Phi) is 4.25. The second kappa shape index (κ2) is 6.16. The number of rotatable bonds is 2. The van der Waals surface area contributed by atoms with E-state index in [1.165, 1.54) is 0 Å². The molecular formula is C16H20ClN3O2. The monoisotopic (exact) mass is 321 g/mol. The third-order valence-corrected chi connectivity index (χ3v) is 4.78. The van der Waals surface area contributed by atoms with Gasteiger partial charge in [0.25, 0.3) is 0 Å². The number of piperazine rings is 1. The molecule has 0 radical (unpaired) electrons. The molecule has 0 atom stereocenters. The normalized spacial score (nSPS) is 19.1. The number of para-hydroxylation sites is 1. The van der Waals surface area contributed by atoms with E-state index in [1.54, 1.807) is 11.8 Å². The van der Waals surface area contributed by atoms with Crippen LogP contribution in [0.15, 0.2) is 24.3 Å². The first-order valence-corrected chi connectivity index (χ1v) is 7.98. The molecule has 1 aromatic rings. The fourth-order valence-electron chi connectivity index (χ4n) is 3.03. The highest BCUT2D eigenvalue weighted by Gasteiger charge is 2.37. The summed E-state index contributed by atoms with van der Waals surface area (Å²) in [6.45, 7) is 5.68. The molecule has 0 saturated carbocycles. The van der Waals surface area contributed by atoms with Crippen molar-refractivity contribution >= 4 is 29.1 Å². The average Bonchev–Trinajstić information content (AvgIpc) is 2.46. The van der Waals surface area contributed by atoms with Crippen molar-refractivity contribution in [2.75, 3.05) is 44.2 Å². The number of benzene rings is 1. The summed E-state index contributed by atoms with van der Waals surface area (Å²) in [6.07, 6.45) is 0. The Balaban J connectivity index is 1.53. The molecule has 6 heteroatoms. The van der Waals surface area contributed by atoms with E-state index in [1.807, 2.05) is 29.2 Å². The first-order chi connectivity index (χ1) is 10.6. The maximum absolute atomic E-state index is 12.4. The van der Waals surface area contributed by atoms with Crippen LogP contribution in [0, 0.1) is 5.92 Å². The molecule has 0 bridgehead atoms. The lowest BCUT2D eigenvalue weighted by atomic mass is 9.98. The zero-order chi connectivity index (χ0) is 15.7. The molecule has 2 fully saturated rings. The molecule has 0 spiro atoms.